The summed E-state index contributed by atoms with van der Waals surface area (Å²) in [5.41, 5.74) is 6.58. The minimum Gasteiger partial charge on any atom is -0.438 e. The highest BCUT2D eigenvalue weighted by Crippen LogP contribution is 2.21. The third-order valence-corrected chi connectivity index (χ3v) is 2.36. The summed E-state index contributed by atoms with van der Waals surface area (Å²) in [4.78, 5) is 8.13. The van der Waals surface area contributed by atoms with Gasteiger partial charge in [-0.3, -0.25) is 0 Å². The first kappa shape index (κ1) is 12.7. The summed E-state index contributed by atoms with van der Waals surface area (Å²) in [6.45, 7) is 4.86. The van der Waals surface area contributed by atoms with E-state index in [1.165, 1.54) is 6.39 Å². The van der Waals surface area contributed by atoms with Crippen LogP contribution in [0.1, 0.15) is 30.9 Å². The van der Waals surface area contributed by atoms with Crippen molar-refractivity contribution in [1.82, 2.24) is 15.1 Å². The summed E-state index contributed by atoms with van der Waals surface area (Å²) in [5.74, 6) is 1.15. The van der Waals surface area contributed by atoms with Crippen LogP contribution in [0.25, 0.3) is 11.7 Å². The number of hydrogen-bond donors (Lipinski definition) is 1. The average Bonchev–Trinajstić information content (AvgIpc) is 2.97. The molecule has 2 N–H and O–H groups in total. The molecule has 0 aliphatic carbocycles. The highest BCUT2D eigenvalue weighted by Gasteiger charge is 2.19. The van der Waals surface area contributed by atoms with E-state index in [-0.39, 0.29) is 5.89 Å². The van der Waals surface area contributed by atoms with Crippen LogP contribution in [-0.4, -0.2) is 28.3 Å². The van der Waals surface area contributed by atoms with Crippen LogP contribution in [0.3, 0.4) is 0 Å². The van der Waals surface area contributed by atoms with Gasteiger partial charge in [-0.05, 0) is 13.3 Å². The molecule has 0 aromatic carbocycles. The topological polar surface area (TPSA) is 100 Å². The fraction of sp³-hybridized carbons (Fsp3) is 0.545. The highest BCUT2D eigenvalue weighted by molar-refractivity contribution is 5.46. The number of hydrogen-bond acceptors (Lipinski definition) is 7. The van der Waals surface area contributed by atoms with Gasteiger partial charge in [-0.25, -0.2) is 4.98 Å². The van der Waals surface area contributed by atoms with Crippen molar-refractivity contribution < 1.29 is 13.7 Å². The van der Waals surface area contributed by atoms with E-state index in [4.69, 9.17) is 19.4 Å². The van der Waals surface area contributed by atoms with Crippen molar-refractivity contribution in [2.45, 2.75) is 26.3 Å². The number of ether oxygens (including phenoxy) is 1. The van der Waals surface area contributed by atoms with Crippen molar-refractivity contribution in [1.29, 1.82) is 0 Å². The SMILES string of the molecule is CCCOCC(N)c1noc(-c2ocnc2C)n1. The van der Waals surface area contributed by atoms with Gasteiger partial charge in [-0.1, -0.05) is 12.1 Å². The molecule has 0 aliphatic rings. The van der Waals surface area contributed by atoms with Crippen LogP contribution in [0.2, 0.25) is 0 Å². The second kappa shape index (κ2) is 5.74. The zero-order valence-electron chi connectivity index (χ0n) is 10.4. The third kappa shape index (κ3) is 2.74. The van der Waals surface area contributed by atoms with Crippen LogP contribution in [0.5, 0.6) is 0 Å². The van der Waals surface area contributed by atoms with E-state index in [9.17, 15) is 0 Å². The Morgan fingerprint density at radius 3 is 3.00 bits per heavy atom. The molecule has 1 atom stereocenters. The zero-order valence-corrected chi connectivity index (χ0v) is 10.4. The van der Waals surface area contributed by atoms with Crippen molar-refractivity contribution in [3.05, 3.63) is 17.9 Å². The van der Waals surface area contributed by atoms with Crippen molar-refractivity contribution in [3.8, 4) is 11.7 Å². The molecule has 0 bridgehead atoms. The van der Waals surface area contributed by atoms with Gasteiger partial charge in [0.1, 0.15) is 0 Å². The van der Waals surface area contributed by atoms with Crippen molar-refractivity contribution >= 4 is 0 Å². The Bertz CT molecular complexity index is 494. The quantitative estimate of drug-likeness (QED) is 0.776. The third-order valence-electron chi connectivity index (χ3n) is 2.36. The fourth-order valence-corrected chi connectivity index (χ4v) is 1.41. The molecule has 2 heterocycles. The van der Waals surface area contributed by atoms with Gasteiger partial charge in [-0.15, -0.1) is 0 Å². The van der Waals surface area contributed by atoms with E-state index in [1.54, 1.807) is 6.92 Å². The lowest BCUT2D eigenvalue weighted by Gasteiger charge is -2.06. The average molecular weight is 252 g/mol. The maximum Gasteiger partial charge on any atom is 0.295 e. The van der Waals surface area contributed by atoms with Crippen molar-refractivity contribution in [2.75, 3.05) is 13.2 Å². The Hall–Kier alpha value is -1.73. The minimum atomic E-state index is -0.405. The molecular weight excluding hydrogens is 236 g/mol. The van der Waals surface area contributed by atoms with Crippen LogP contribution in [0.15, 0.2) is 15.3 Å². The molecule has 0 spiro atoms. The van der Waals surface area contributed by atoms with Crippen LogP contribution in [0, 0.1) is 6.92 Å². The van der Waals surface area contributed by atoms with Gasteiger partial charge in [0.2, 0.25) is 5.76 Å². The van der Waals surface area contributed by atoms with E-state index in [0.717, 1.165) is 6.42 Å². The molecule has 7 nitrogen and oxygen atoms in total. The van der Waals surface area contributed by atoms with Crippen LogP contribution in [-0.2, 0) is 4.74 Å². The van der Waals surface area contributed by atoms with Gasteiger partial charge in [0.25, 0.3) is 5.89 Å². The maximum atomic E-state index is 5.88. The molecule has 2 aromatic heterocycles. The molecule has 18 heavy (non-hydrogen) atoms. The lowest BCUT2D eigenvalue weighted by molar-refractivity contribution is 0.119. The van der Waals surface area contributed by atoms with Gasteiger partial charge in [0.15, 0.2) is 12.2 Å². The predicted octanol–water partition coefficient (Wildman–Crippen LogP) is 1.46. The Kier molecular flexibility index (Phi) is 4.06. The number of oxazole rings is 1. The first-order valence-electron chi connectivity index (χ1n) is 5.79. The number of aryl methyl sites for hydroxylation is 1. The molecule has 2 aromatic rings. The summed E-state index contributed by atoms with van der Waals surface area (Å²) in [6, 6.07) is -0.405. The molecule has 98 valence electrons. The first-order valence-corrected chi connectivity index (χ1v) is 5.79. The van der Waals surface area contributed by atoms with Gasteiger partial charge in [0, 0.05) is 6.61 Å². The van der Waals surface area contributed by atoms with E-state index in [0.29, 0.717) is 30.5 Å². The summed E-state index contributed by atoms with van der Waals surface area (Å²) in [6.07, 6.45) is 2.28. The largest absolute Gasteiger partial charge is 0.438 e. The maximum absolute atomic E-state index is 5.88. The second-order valence-electron chi connectivity index (χ2n) is 3.91. The highest BCUT2D eigenvalue weighted by atomic mass is 16.5. The second-order valence-corrected chi connectivity index (χ2v) is 3.91. The van der Waals surface area contributed by atoms with Crippen LogP contribution >= 0.6 is 0 Å². The number of aromatic nitrogens is 3. The molecular formula is C11H16N4O3. The number of nitrogens with two attached hydrogens (primary N) is 1. The zero-order chi connectivity index (χ0) is 13.0. The molecule has 0 saturated carbocycles. The van der Waals surface area contributed by atoms with Crippen molar-refractivity contribution in [3.63, 3.8) is 0 Å². The Morgan fingerprint density at radius 2 is 2.33 bits per heavy atom. The number of nitrogens with zero attached hydrogens (tertiary/aromatic N) is 3. The molecule has 7 heteroatoms. The Morgan fingerprint density at radius 1 is 1.50 bits per heavy atom. The lowest BCUT2D eigenvalue weighted by atomic mass is 10.3. The molecule has 0 radical (unpaired) electrons. The first-order chi connectivity index (χ1) is 8.72. The van der Waals surface area contributed by atoms with Crippen molar-refractivity contribution in [2.24, 2.45) is 5.73 Å². The Labute approximate surface area is 104 Å². The summed E-state index contributed by atoms with van der Waals surface area (Å²) < 4.78 is 15.6. The van der Waals surface area contributed by atoms with Gasteiger partial charge in [0.05, 0.1) is 18.3 Å². The fourth-order valence-electron chi connectivity index (χ4n) is 1.41. The van der Waals surface area contributed by atoms with Gasteiger partial charge >= 0.3 is 0 Å². The van der Waals surface area contributed by atoms with E-state index in [2.05, 4.69) is 15.1 Å². The predicted molar refractivity (Wildman–Crippen MR) is 62.6 cm³/mol. The summed E-state index contributed by atoms with van der Waals surface area (Å²) in [7, 11) is 0. The van der Waals surface area contributed by atoms with Crippen LogP contribution < -0.4 is 5.73 Å². The molecule has 0 amide bonds. The van der Waals surface area contributed by atoms with Crippen LogP contribution in [0.4, 0.5) is 0 Å². The van der Waals surface area contributed by atoms with Gasteiger partial charge < -0.3 is 19.4 Å². The number of rotatable bonds is 6. The molecule has 2 rings (SSSR count). The van der Waals surface area contributed by atoms with Gasteiger partial charge in [-0.2, -0.15) is 4.98 Å². The Balaban J connectivity index is 2.04. The van der Waals surface area contributed by atoms with E-state index in [1.807, 2.05) is 6.92 Å². The standard InChI is InChI=1S/C11H16N4O3/c1-3-4-16-5-8(12)10-14-11(18-15-10)9-7(2)13-6-17-9/h6,8H,3-5,12H2,1-2H3. The van der Waals surface area contributed by atoms with E-state index < -0.39 is 6.04 Å². The molecule has 1 unspecified atom stereocenters. The lowest BCUT2D eigenvalue weighted by Crippen LogP contribution is -2.18. The summed E-state index contributed by atoms with van der Waals surface area (Å²) >= 11 is 0. The summed E-state index contributed by atoms with van der Waals surface area (Å²) in [5, 5.41) is 3.81. The normalized spacial score (nSPS) is 12.8. The monoisotopic (exact) mass is 252 g/mol. The molecule has 0 aliphatic heterocycles. The minimum absolute atomic E-state index is 0.283. The molecule has 0 saturated heterocycles. The van der Waals surface area contributed by atoms with E-state index >= 15 is 0 Å². The smallest absolute Gasteiger partial charge is 0.295 e. The molecule has 0 fully saturated rings.